The fraction of sp³-hybridized carbons (Fsp3) is 0.379. The largest absolute Gasteiger partial charge is 0.497 e. The van der Waals surface area contributed by atoms with Crippen LogP contribution in [0.3, 0.4) is 0 Å². The number of carboxylic acid groups (broad SMARTS) is 1. The van der Waals surface area contributed by atoms with Gasteiger partial charge in [-0.15, -0.1) is 0 Å². The molecular weight excluding hydrogens is 502 g/mol. The average molecular weight is 544 g/mol. The number of carboxylic acids is 1. The van der Waals surface area contributed by atoms with Gasteiger partial charge in [-0.1, -0.05) is 30.2 Å². The first kappa shape index (κ1) is 33.2. The SMILES string of the molecule is COc1ccc(COc2c(/C=C/C(=O)NO)ccc(OC)c2CC=C(C)C)cc1.NCCCCC(N)C(=O)O. The highest BCUT2D eigenvalue weighted by atomic mass is 16.5. The molecule has 214 valence electrons. The Balaban J connectivity index is 0.000000646. The third-order valence-corrected chi connectivity index (χ3v) is 5.54. The van der Waals surface area contributed by atoms with Crippen LogP contribution in [-0.2, 0) is 22.6 Å². The Morgan fingerprint density at radius 3 is 2.28 bits per heavy atom. The number of allylic oxidation sites excluding steroid dienone is 2. The van der Waals surface area contributed by atoms with E-state index in [1.54, 1.807) is 25.8 Å². The maximum atomic E-state index is 11.4. The molecule has 0 spiro atoms. The van der Waals surface area contributed by atoms with Crippen molar-refractivity contribution in [2.45, 2.75) is 52.2 Å². The Kier molecular flexibility index (Phi) is 15.6. The molecule has 0 aliphatic carbocycles. The lowest BCUT2D eigenvalue weighted by atomic mass is 10.0. The van der Waals surface area contributed by atoms with Crippen molar-refractivity contribution in [3.05, 3.63) is 70.8 Å². The molecule has 1 unspecified atom stereocenters. The van der Waals surface area contributed by atoms with Crippen LogP contribution in [0, 0.1) is 0 Å². The van der Waals surface area contributed by atoms with Crippen LogP contribution in [0.2, 0.25) is 0 Å². The molecule has 0 saturated carbocycles. The van der Waals surface area contributed by atoms with Crippen molar-refractivity contribution in [1.82, 2.24) is 5.48 Å². The molecule has 2 aromatic rings. The number of carbonyl (C=O) groups excluding carboxylic acids is 1. The number of hydrogen-bond acceptors (Lipinski definition) is 8. The second-order valence-corrected chi connectivity index (χ2v) is 8.83. The van der Waals surface area contributed by atoms with E-state index in [4.69, 9.17) is 36.0 Å². The van der Waals surface area contributed by atoms with Crippen LogP contribution < -0.4 is 31.2 Å². The van der Waals surface area contributed by atoms with Gasteiger partial charge in [-0.25, -0.2) is 5.48 Å². The zero-order valence-electron chi connectivity index (χ0n) is 23.1. The fourth-order valence-corrected chi connectivity index (χ4v) is 3.33. The van der Waals surface area contributed by atoms with Gasteiger partial charge in [0.15, 0.2) is 0 Å². The molecule has 1 atom stereocenters. The van der Waals surface area contributed by atoms with E-state index >= 15 is 0 Å². The average Bonchev–Trinajstić information content (AvgIpc) is 2.94. The molecule has 2 aromatic carbocycles. The Morgan fingerprint density at radius 1 is 1.05 bits per heavy atom. The van der Waals surface area contributed by atoms with E-state index in [-0.39, 0.29) is 0 Å². The first-order valence-electron chi connectivity index (χ1n) is 12.6. The molecule has 0 aliphatic rings. The summed E-state index contributed by atoms with van der Waals surface area (Å²) in [5, 5.41) is 17.1. The Hall–Kier alpha value is -3.86. The van der Waals surface area contributed by atoms with E-state index in [9.17, 15) is 9.59 Å². The van der Waals surface area contributed by atoms with Crippen molar-refractivity contribution in [1.29, 1.82) is 0 Å². The molecule has 0 fully saturated rings. The zero-order chi connectivity index (χ0) is 29.2. The highest BCUT2D eigenvalue weighted by Gasteiger charge is 2.15. The highest BCUT2D eigenvalue weighted by Crippen LogP contribution is 2.35. The van der Waals surface area contributed by atoms with E-state index in [0.717, 1.165) is 29.7 Å². The van der Waals surface area contributed by atoms with Crippen LogP contribution in [0.5, 0.6) is 17.2 Å². The van der Waals surface area contributed by atoms with Gasteiger partial charge < -0.3 is 30.8 Å². The summed E-state index contributed by atoms with van der Waals surface area (Å²) in [4.78, 5) is 21.6. The summed E-state index contributed by atoms with van der Waals surface area (Å²) in [6.45, 7) is 5.00. The van der Waals surface area contributed by atoms with Gasteiger partial charge in [-0.3, -0.25) is 14.8 Å². The third-order valence-electron chi connectivity index (χ3n) is 5.54. The maximum absolute atomic E-state index is 11.4. The van der Waals surface area contributed by atoms with Gasteiger partial charge in [0.25, 0.3) is 5.91 Å². The zero-order valence-corrected chi connectivity index (χ0v) is 23.1. The molecule has 0 radical (unpaired) electrons. The number of aliphatic carboxylic acids is 1. The number of unbranched alkanes of at least 4 members (excludes halogenated alkanes) is 1. The maximum Gasteiger partial charge on any atom is 0.320 e. The molecular formula is C29H41N3O7. The second kappa shape index (κ2) is 18.4. The highest BCUT2D eigenvalue weighted by molar-refractivity contribution is 5.91. The van der Waals surface area contributed by atoms with Gasteiger partial charge in [0, 0.05) is 17.2 Å². The number of rotatable bonds is 14. The van der Waals surface area contributed by atoms with Crippen molar-refractivity contribution in [2.75, 3.05) is 20.8 Å². The smallest absolute Gasteiger partial charge is 0.320 e. The summed E-state index contributed by atoms with van der Waals surface area (Å²) < 4.78 is 16.9. The first-order chi connectivity index (χ1) is 18.7. The second-order valence-electron chi connectivity index (χ2n) is 8.83. The summed E-state index contributed by atoms with van der Waals surface area (Å²) in [7, 11) is 3.24. The third kappa shape index (κ3) is 12.5. The summed E-state index contributed by atoms with van der Waals surface area (Å²) in [5.74, 6) is 0.554. The van der Waals surface area contributed by atoms with Crippen molar-refractivity contribution >= 4 is 18.0 Å². The monoisotopic (exact) mass is 543 g/mol. The Labute approximate surface area is 230 Å². The van der Waals surface area contributed by atoms with Crippen LogP contribution in [0.15, 0.2) is 54.1 Å². The van der Waals surface area contributed by atoms with Crippen LogP contribution in [0.4, 0.5) is 0 Å². The van der Waals surface area contributed by atoms with E-state index < -0.39 is 17.9 Å². The van der Waals surface area contributed by atoms with E-state index in [1.165, 1.54) is 11.6 Å². The molecule has 1 amide bonds. The Bertz CT molecular complexity index is 1090. The van der Waals surface area contributed by atoms with E-state index in [0.29, 0.717) is 43.1 Å². The molecule has 0 heterocycles. The number of nitrogens with one attached hydrogen (secondary N) is 1. The summed E-state index contributed by atoms with van der Waals surface area (Å²) in [5.41, 5.74) is 15.8. The molecule has 39 heavy (non-hydrogen) atoms. The van der Waals surface area contributed by atoms with Crippen molar-refractivity contribution < 1.29 is 34.1 Å². The molecule has 0 saturated heterocycles. The van der Waals surface area contributed by atoms with Crippen LogP contribution >= 0.6 is 0 Å². The topological polar surface area (TPSA) is 166 Å². The van der Waals surface area contributed by atoms with Crippen molar-refractivity contribution in [3.63, 3.8) is 0 Å². The molecule has 10 nitrogen and oxygen atoms in total. The van der Waals surface area contributed by atoms with Gasteiger partial charge in [-0.2, -0.15) is 0 Å². The van der Waals surface area contributed by atoms with Gasteiger partial charge >= 0.3 is 5.97 Å². The number of methoxy groups -OCH3 is 2. The van der Waals surface area contributed by atoms with E-state index in [2.05, 4.69) is 6.08 Å². The standard InChI is InChI=1S/C23H27NO5.C6H14N2O2/c1-16(2)5-12-20-21(28-4)13-8-18(9-14-22(25)24-26)23(20)29-15-17-6-10-19(27-3)11-7-17;7-4-2-1-3-5(8)6(9)10/h5-11,13-14,26H,12,15H2,1-4H3,(H,24,25);5H,1-4,7-8H2,(H,9,10)/b14-9+;. The van der Waals surface area contributed by atoms with Gasteiger partial charge in [0.05, 0.1) is 14.2 Å². The van der Waals surface area contributed by atoms with Gasteiger partial charge in [0.2, 0.25) is 0 Å². The molecule has 10 heteroatoms. The molecule has 0 bridgehead atoms. The summed E-state index contributed by atoms with van der Waals surface area (Å²) >= 11 is 0. The predicted octanol–water partition coefficient (Wildman–Crippen LogP) is 3.84. The molecule has 2 rings (SSSR count). The van der Waals surface area contributed by atoms with E-state index in [1.807, 2.05) is 50.2 Å². The van der Waals surface area contributed by atoms with Crippen LogP contribution in [0.25, 0.3) is 6.08 Å². The lowest BCUT2D eigenvalue weighted by Crippen LogP contribution is -2.29. The van der Waals surface area contributed by atoms with Crippen LogP contribution in [-0.4, -0.2) is 49.0 Å². The lowest BCUT2D eigenvalue weighted by molar-refractivity contribution is -0.138. The minimum Gasteiger partial charge on any atom is -0.497 e. The molecule has 0 aliphatic heterocycles. The van der Waals surface area contributed by atoms with Crippen molar-refractivity contribution in [2.24, 2.45) is 11.5 Å². The summed E-state index contributed by atoms with van der Waals surface area (Å²) in [6, 6.07) is 10.6. The van der Waals surface area contributed by atoms with Crippen LogP contribution in [0.1, 0.15) is 49.8 Å². The number of benzene rings is 2. The van der Waals surface area contributed by atoms with Gasteiger partial charge in [-0.05, 0) is 75.6 Å². The van der Waals surface area contributed by atoms with Crippen molar-refractivity contribution in [3.8, 4) is 17.2 Å². The summed E-state index contributed by atoms with van der Waals surface area (Å²) in [6.07, 6.45) is 7.72. The molecule has 7 N–H and O–H groups in total. The normalized spacial score (nSPS) is 11.2. The predicted molar refractivity (Wildman–Crippen MR) is 151 cm³/mol. The number of hydrogen-bond donors (Lipinski definition) is 5. The number of amides is 1. The molecule has 0 aromatic heterocycles. The minimum absolute atomic E-state index is 0.339. The first-order valence-corrected chi connectivity index (χ1v) is 12.6. The fourth-order valence-electron chi connectivity index (χ4n) is 3.33. The number of carbonyl (C=O) groups is 2. The lowest BCUT2D eigenvalue weighted by Gasteiger charge is -2.17. The number of hydroxylamine groups is 1. The Morgan fingerprint density at radius 2 is 1.74 bits per heavy atom. The number of nitrogens with two attached hydrogens (primary N) is 2. The minimum atomic E-state index is -0.933. The number of ether oxygens (including phenoxy) is 3. The quantitative estimate of drug-likeness (QED) is 0.0782. The van der Waals surface area contributed by atoms with Gasteiger partial charge in [0.1, 0.15) is 29.9 Å².